The zero-order valence-electron chi connectivity index (χ0n) is 17.6. The Kier molecular flexibility index (Phi) is 6.58. The molecular formula is C23H25N5OS. The largest absolute Gasteiger partial charge is 0.337 e. The monoisotopic (exact) mass is 419 g/mol. The van der Waals surface area contributed by atoms with Crippen molar-refractivity contribution in [1.29, 1.82) is 5.26 Å². The van der Waals surface area contributed by atoms with Crippen molar-refractivity contribution >= 4 is 17.7 Å². The summed E-state index contributed by atoms with van der Waals surface area (Å²) in [5, 5.41) is 21.6. The molecule has 1 N–H and O–H groups in total. The second kappa shape index (κ2) is 9.14. The maximum absolute atomic E-state index is 12.5. The molecule has 0 saturated heterocycles. The van der Waals surface area contributed by atoms with E-state index in [2.05, 4.69) is 21.6 Å². The first-order valence-corrected chi connectivity index (χ1v) is 10.8. The van der Waals surface area contributed by atoms with Crippen LogP contribution < -0.4 is 5.32 Å². The third-order valence-electron chi connectivity index (χ3n) is 5.08. The van der Waals surface area contributed by atoms with Crippen LogP contribution in [0, 0.1) is 24.2 Å². The second-order valence-electron chi connectivity index (χ2n) is 7.65. The first kappa shape index (κ1) is 21.6. The molecule has 2 aromatic carbocycles. The van der Waals surface area contributed by atoms with Gasteiger partial charge >= 0.3 is 0 Å². The number of carbonyl (C=O) groups excluding carboxylic acids is 1. The molecule has 0 spiro atoms. The maximum atomic E-state index is 12.5. The molecule has 7 heteroatoms. The van der Waals surface area contributed by atoms with E-state index >= 15 is 0 Å². The van der Waals surface area contributed by atoms with E-state index < -0.39 is 5.54 Å². The lowest BCUT2D eigenvalue weighted by atomic mass is 9.90. The minimum Gasteiger partial charge on any atom is -0.337 e. The quantitative estimate of drug-likeness (QED) is 0.574. The smallest absolute Gasteiger partial charge is 0.231 e. The molecular weight excluding hydrogens is 394 g/mol. The van der Waals surface area contributed by atoms with Crippen LogP contribution in [0.5, 0.6) is 0 Å². The van der Waals surface area contributed by atoms with Gasteiger partial charge in [-0.1, -0.05) is 73.6 Å². The summed E-state index contributed by atoms with van der Waals surface area (Å²) in [7, 11) is 0. The molecule has 0 saturated carbocycles. The Morgan fingerprint density at radius 2 is 1.83 bits per heavy atom. The number of nitriles is 1. The fourth-order valence-electron chi connectivity index (χ4n) is 2.82. The van der Waals surface area contributed by atoms with Crippen molar-refractivity contribution in [1.82, 2.24) is 20.1 Å². The normalized spacial score (nSPS) is 12.9. The number of aryl methyl sites for hydroxylation is 1. The number of aromatic nitrogens is 3. The molecule has 3 rings (SSSR count). The highest BCUT2D eigenvalue weighted by atomic mass is 32.2. The molecule has 1 amide bonds. The van der Waals surface area contributed by atoms with Crippen molar-refractivity contribution in [2.75, 3.05) is 5.75 Å². The van der Waals surface area contributed by atoms with Crippen LogP contribution in [0.4, 0.5) is 0 Å². The van der Waals surface area contributed by atoms with Gasteiger partial charge in [0.1, 0.15) is 5.54 Å². The Morgan fingerprint density at radius 1 is 1.17 bits per heavy atom. The van der Waals surface area contributed by atoms with Crippen LogP contribution in [-0.2, 0) is 4.79 Å². The molecule has 0 aliphatic rings. The lowest BCUT2D eigenvalue weighted by Gasteiger charge is -2.27. The van der Waals surface area contributed by atoms with E-state index in [1.54, 1.807) is 6.92 Å². The molecule has 1 heterocycles. The topological polar surface area (TPSA) is 83.6 Å². The Labute approximate surface area is 181 Å². The van der Waals surface area contributed by atoms with E-state index in [0.717, 1.165) is 16.8 Å². The minimum absolute atomic E-state index is 0.00246. The van der Waals surface area contributed by atoms with E-state index in [0.29, 0.717) is 11.0 Å². The first-order valence-electron chi connectivity index (χ1n) is 9.77. The van der Waals surface area contributed by atoms with Gasteiger partial charge in [0.15, 0.2) is 11.0 Å². The van der Waals surface area contributed by atoms with E-state index in [-0.39, 0.29) is 17.6 Å². The van der Waals surface area contributed by atoms with E-state index in [1.165, 1.54) is 11.8 Å². The van der Waals surface area contributed by atoms with Gasteiger partial charge in [0.05, 0.1) is 11.8 Å². The molecule has 6 nitrogen and oxygen atoms in total. The van der Waals surface area contributed by atoms with Gasteiger partial charge in [0.2, 0.25) is 5.91 Å². The van der Waals surface area contributed by atoms with Crippen LogP contribution in [-0.4, -0.2) is 32.0 Å². The van der Waals surface area contributed by atoms with Crippen LogP contribution >= 0.6 is 11.8 Å². The molecule has 0 bridgehead atoms. The number of amides is 1. The van der Waals surface area contributed by atoms with Crippen LogP contribution in [0.2, 0.25) is 0 Å². The SMILES string of the molecule is Cc1ccc(-n2c(SCC(=O)NC(C)(C#N)C(C)C)nnc2-c2ccccc2)cc1. The Hall–Kier alpha value is -3.11. The third-order valence-corrected chi connectivity index (χ3v) is 6.00. The van der Waals surface area contributed by atoms with Crippen molar-refractivity contribution in [2.24, 2.45) is 5.92 Å². The van der Waals surface area contributed by atoms with Gasteiger partial charge in [-0.2, -0.15) is 5.26 Å². The highest BCUT2D eigenvalue weighted by molar-refractivity contribution is 7.99. The molecule has 0 fully saturated rings. The lowest BCUT2D eigenvalue weighted by molar-refractivity contribution is -0.120. The fraction of sp³-hybridized carbons (Fsp3) is 0.304. The van der Waals surface area contributed by atoms with Crippen molar-refractivity contribution in [2.45, 2.75) is 38.4 Å². The Balaban J connectivity index is 1.88. The predicted molar refractivity (Wildman–Crippen MR) is 119 cm³/mol. The molecule has 1 atom stereocenters. The summed E-state index contributed by atoms with van der Waals surface area (Å²) in [5.41, 5.74) is 2.12. The molecule has 0 aliphatic carbocycles. The number of rotatable bonds is 7. The van der Waals surface area contributed by atoms with Gasteiger partial charge in [0.25, 0.3) is 0 Å². The molecule has 154 valence electrons. The van der Waals surface area contributed by atoms with E-state index in [9.17, 15) is 10.1 Å². The molecule has 0 radical (unpaired) electrons. The van der Waals surface area contributed by atoms with Gasteiger partial charge in [-0.15, -0.1) is 10.2 Å². The average molecular weight is 420 g/mol. The second-order valence-corrected chi connectivity index (χ2v) is 8.59. The van der Waals surface area contributed by atoms with Crippen molar-refractivity contribution in [3.63, 3.8) is 0 Å². The fourth-order valence-corrected chi connectivity index (χ4v) is 3.57. The summed E-state index contributed by atoms with van der Waals surface area (Å²) in [6.07, 6.45) is 0. The zero-order chi connectivity index (χ0) is 21.7. The molecule has 1 aromatic heterocycles. The number of thioether (sulfide) groups is 1. The van der Waals surface area contributed by atoms with Gasteiger partial charge in [0, 0.05) is 11.3 Å². The van der Waals surface area contributed by atoms with Crippen LogP contribution in [0.25, 0.3) is 17.1 Å². The minimum atomic E-state index is -0.905. The summed E-state index contributed by atoms with van der Waals surface area (Å²) >= 11 is 1.30. The van der Waals surface area contributed by atoms with Gasteiger partial charge < -0.3 is 5.32 Å². The van der Waals surface area contributed by atoms with Crippen LogP contribution in [0.15, 0.2) is 59.8 Å². The molecule has 0 aliphatic heterocycles. The van der Waals surface area contributed by atoms with E-state index in [1.807, 2.05) is 79.9 Å². The number of nitrogens with one attached hydrogen (secondary N) is 1. The summed E-state index contributed by atoms with van der Waals surface area (Å²) in [6, 6.07) is 20.1. The number of hydrogen-bond acceptors (Lipinski definition) is 5. The third kappa shape index (κ3) is 4.71. The Bertz CT molecular complexity index is 1050. The van der Waals surface area contributed by atoms with Crippen molar-refractivity contribution in [3.8, 4) is 23.1 Å². The summed E-state index contributed by atoms with van der Waals surface area (Å²) in [4.78, 5) is 12.5. The summed E-state index contributed by atoms with van der Waals surface area (Å²) in [5.74, 6) is 0.643. The first-order chi connectivity index (χ1) is 14.3. The predicted octanol–water partition coefficient (Wildman–Crippen LogP) is 4.39. The maximum Gasteiger partial charge on any atom is 0.231 e. The summed E-state index contributed by atoms with van der Waals surface area (Å²) < 4.78 is 1.96. The van der Waals surface area contributed by atoms with Crippen LogP contribution in [0.1, 0.15) is 26.3 Å². The lowest BCUT2D eigenvalue weighted by Crippen LogP contribution is -2.49. The molecule has 3 aromatic rings. The standard InChI is InChI=1S/C23H25N5OS/c1-16(2)23(4,15-24)25-20(29)14-30-22-27-26-21(18-8-6-5-7-9-18)28(22)19-12-10-17(3)11-13-19/h5-13,16H,14H2,1-4H3,(H,25,29). The van der Waals surface area contributed by atoms with Gasteiger partial charge in [-0.05, 0) is 31.9 Å². The highest BCUT2D eigenvalue weighted by Crippen LogP contribution is 2.28. The van der Waals surface area contributed by atoms with Gasteiger partial charge in [-0.25, -0.2) is 0 Å². The highest BCUT2D eigenvalue weighted by Gasteiger charge is 2.30. The number of nitrogens with zero attached hydrogens (tertiary/aromatic N) is 4. The van der Waals surface area contributed by atoms with E-state index in [4.69, 9.17) is 0 Å². The number of carbonyl (C=O) groups is 1. The average Bonchev–Trinajstić information content (AvgIpc) is 3.17. The van der Waals surface area contributed by atoms with Gasteiger partial charge in [-0.3, -0.25) is 9.36 Å². The Morgan fingerprint density at radius 3 is 2.43 bits per heavy atom. The van der Waals surface area contributed by atoms with Crippen molar-refractivity contribution in [3.05, 3.63) is 60.2 Å². The number of benzene rings is 2. The molecule has 30 heavy (non-hydrogen) atoms. The number of hydrogen-bond donors (Lipinski definition) is 1. The van der Waals surface area contributed by atoms with Crippen LogP contribution in [0.3, 0.4) is 0 Å². The molecule has 1 unspecified atom stereocenters. The summed E-state index contributed by atoms with van der Waals surface area (Å²) in [6.45, 7) is 7.60. The zero-order valence-corrected chi connectivity index (χ0v) is 18.4. The van der Waals surface area contributed by atoms with Crippen molar-refractivity contribution < 1.29 is 4.79 Å².